The molecule has 3 aromatic rings. The van der Waals surface area contributed by atoms with E-state index in [1.807, 2.05) is 52.3 Å². The molecular weight excluding hydrogens is 394 g/mol. The highest BCUT2D eigenvalue weighted by molar-refractivity contribution is 6.08. The number of aromatic nitrogens is 3. The molecule has 0 bridgehead atoms. The summed E-state index contributed by atoms with van der Waals surface area (Å²) in [6, 6.07) is 3.31. The number of aryl methyl sites for hydroxylation is 2. The van der Waals surface area contributed by atoms with Crippen molar-refractivity contribution in [3.63, 3.8) is 0 Å². The first kappa shape index (κ1) is 21.1. The second-order valence-electron chi connectivity index (χ2n) is 8.78. The van der Waals surface area contributed by atoms with E-state index >= 15 is 0 Å². The van der Waals surface area contributed by atoms with Crippen molar-refractivity contribution in [2.75, 3.05) is 13.1 Å². The van der Waals surface area contributed by atoms with Gasteiger partial charge in [0.2, 0.25) is 5.91 Å². The predicted molar refractivity (Wildman–Crippen MR) is 118 cm³/mol. The molecule has 0 aromatic carbocycles. The predicted octanol–water partition coefficient (Wildman–Crippen LogP) is 3.49. The molecule has 1 saturated heterocycles. The van der Waals surface area contributed by atoms with Crippen LogP contribution in [0.15, 0.2) is 22.7 Å². The van der Waals surface area contributed by atoms with Gasteiger partial charge in [-0.05, 0) is 45.7 Å². The van der Waals surface area contributed by atoms with Gasteiger partial charge in [0.1, 0.15) is 17.6 Å². The smallest absolute Gasteiger partial charge is 0.255 e. The van der Waals surface area contributed by atoms with Crippen LogP contribution in [-0.4, -0.2) is 50.6 Å². The Bertz CT molecular complexity index is 1160. The summed E-state index contributed by atoms with van der Waals surface area (Å²) in [5.41, 5.74) is 2.67. The standard InChI is InChI=1S/C23H29N5O3/c1-12(2)20-22(29)24-7-8-27(20)23(30)17-10-19(16-9-14(5)31-15(16)6)26-21-18(17)11-25-28(21)13(3)4/h9-13,20H,7-8H2,1-6H3,(H,24,29). The lowest BCUT2D eigenvalue weighted by Gasteiger charge is -2.37. The molecule has 1 unspecified atom stereocenters. The maximum Gasteiger partial charge on any atom is 0.255 e. The molecule has 0 spiro atoms. The Balaban J connectivity index is 1.91. The highest BCUT2D eigenvalue weighted by Crippen LogP contribution is 2.31. The van der Waals surface area contributed by atoms with Gasteiger partial charge in [-0.3, -0.25) is 9.59 Å². The zero-order valence-corrected chi connectivity index (χ0v) is 18.9. The summed E-state index contributed by atoms with van der Waals surface area (Å²) in [5, 5.41) is 8.06. The van der Waals surface area contributed by atoms with E-state index in [0.717, 1.165) is 17.1 Å². The van der Waals surface area contributed by atoms with Crippen molar-refractivity contribution < 1.29 is 14.0 Å². The number of carbonyl (C=O) groups excluding carboxylic acids is 2. The summed E-state index contributed by atoms with van der Waals surface area (Å²) in [6.45, 7) is 12.7. The Morgan fingerprint density at radius 3 is 2.58 bits per heavy atom. The zero-order valence-electron chi connectivity index (χ0n) is 18.9. The molecule has 31 heavy (non-hydrogen) atoms. The second-order valence-corrected chi connectivity index (χ2v) is 8.78. The van der Waals surface area contributed by atoms with Gasteiger partial charge >= 0.3 is 0 Å². The third-order valence-corrected chi connectivity index (χ3v) is 5.75. The lowest BCUT2D eigenvalue weighted by molar-refractivity contribution is -0.129. The monoisotopic (exact) mass is 423 g/mol. The summed E-state index contributed by atoms with van der Waals surface area (Å²) in [4.78, 5) is 32.8. The Labute approximate surface area is 181 Å². The fourth-order valence-corrected chi connectivity index (χ4v) is 4.33. The lowest BCUT2D eigenvalue weighted by Crippen LogP contribution is -2.59. The largest absolute Gasteiger partial charge is 0.466 e. The van der Waals surface area contributed by atoms with E-state index in [4.69, 9.17) is 9.40 Å². The normalized spacial score (nSPS) is 17.1. The Morgan fingerprint density at radius 1 is 1.23 bits per heavy atom. The van der Waals surface area contributed by atoms with Crippen molar-refractivity contribution in [3.05, 3.63) is 35.4 Å². The van der Waals surface area contributed by atoms with Crippen LogP contribution in [0.1, 0.15) is 55.6 Å². The first-order valence-electron chi connectivity index (χ1n) is 10.7. The molecule has 3 aromatic heterocycles. The molecule has 1 aliphatic rings. The molecule has 0 saturated carbocycles. The van der Waals surface area contributed by atoms with Gasteiger partial charge in [-0.2, -0.15) is 5.10 Å². The lowest BCUT2D eigenvalue weighted by atomic mass is 9.97. The van der Waals surface area contributed by atoms with E-state index in [1.165, 1.54) is 0 Å². The third-order valence-electron chi connectivity index (χ3n) is 5.75. The third kappa shape index (κ3) is 3.60. The molecule has 4 heterocycles. The molecule has 1 fully saturated rings. The molecule has 0 radical (unpaired) electrons. The number of nitrogens with zero attached hydrogens (tertiary/aromatic N) is 4. The minimum Gasteiger partial charge on any atom is -0.466 e. The van der Waals surface area contributed by atoms with Gasteiger partial charge < -0.3 is 14.6 Å². The first-order valence-corrected chi connectivity index (χ1v) is 10.7. The SMILES string of the molecule is Cc1cc(-c2cc(C(=O)N3CCNC(=O)C3C(C)C)c3cnn(C(C)C)c3n2)c(C)o1. The van der Waals surface area contributed by atoms with Crippen molar-refractivity contribution in [1.29, 1.82) is 0 Å². The molecule has 1 atom stereocenters. The highest BCUT2D eigenvalue weighted by atomic mass is 16.3. The van der Waals surface area contributed by atoms with Crippen LogP contribution in [0.25, 0.3) is 22.3 Å². The number of hydrogen-bond donors (Lipinski definition) is 1. The van der Waals surface area contributed by atoms with Gasteiger partial charge in [0.05, 0.1) is 22.8 Å². The van der Waals surface area contributed by atoms with E-state index in [9.17, 15) is 9.59 Å². The number of furan rings is 1. The van der Waals surface area contributed by atoms with Crippen LogP contribution in [0.2, 0.25) is 0 Å². The molecule has 164 valence electrons. The van der Waals surface area contributed by atoms with Crippen molar-refractivity contribution in [3.8, 4) is 11.3 Å². The van der Waals surface area contributed by atoms with E-state index in [2.05, 4.69) is 10.4 Å². The maximum atomic E-state index is 13.8. The van der Waals surface area contributed by atoms with Gasteiger partial charge in [0, 0.05) is 24.7 Å². The number of pyridine rings is 1. The molecule has 2 amide bonds. The number of carbonyl (C=O) groups is 2. The van der Waals surface area contributed by atoms with Gasteiger partial charge in [-0.1, -0.05) is 13.8 Å². The summed E-state index contributed by atoms with van der Waals surface area (Å²) >= 11 is 0. The number of piperazine rings is 1. The van der Waals surface area contributed by atoms with E-state index in [-0.39, 0.29) is 23.8 Å². The quantitative estimate of drug-likeness (QED) is 0.693. The fraction of sp³-hybridized carbons (Fsp3) is 0.478. The van der Waals surface area contributed by atoms with E-state index in [1.54, 1.807) is 17.2 Å². The van der Waals surface area contributed by atoms with Crippen molar-refractivity contribution in [2.45, 2.75) is 53.6 Å². The van der Waals surface area contributed by atoms with Crippen LogP contribution in [0.4, 0.5) is 0 Å². The molecule has 4 rings (SSSR count). The average Bonchev–Trinajstić information content (AvgIpc) is 3.28. The van der Waals surface area contributed by atoms with Crippen LogP contribution in [0.5, 0.6) is 0 Å². The van der Waals surface area contributed by atoms with Crippen LogP contribution in [-0.2, 0) is 4.79 Å². The van der Waals surface area contributed by atoms with E-state index < -0.39 is 6.04 Å². The minimum absolute atomic E-state index is 0.00166. The fourth-order valence-electron chi connectivity index (χ4n) is 4.33. The topological polar surface area (TPSA) is 93.3 Å². The number of hydrogen-bond acceptors (Lipinski definition) is 5. The molecule has 1 aliphatic heterocycles. The Kier molecular flexibility index (Phi) is 5.33. The zero-order chi connectivity index (χ0) is 22.4. The molecule has 8 heteroatoms. The number of rotatable bonds is 4. The van der Waals surface area contributed by atoms with Gasteiger partial charge in [-0.25, -0.2) is 9.67 Å². The first-order chi connectivity index (χ1) is 14.7. The maximum absolute atomic E-state index is 13.8. The average molecular weight is 424 g/mol. The van der Waals surface area contributed by atoms with Crippen molar-refractivity contribution in [1.82, 2.24) is 25.0 Å². The van der Waals surface area contributed by atoms with Crippen LogP contribution in [0.3, 0.4) is 0 Å². The van der Waals surface area contributed by atoms with E-state index in [0.29, 0.717) is 35.4 Å². The van der Waals surface area contributed by atoms with Crippen LogP contribution in [0, 0.1) is 19.8 Å². The number of nitrogens with one attached hydrogen (secondary N) is 1. The van der Waals surface area contributed by atoms with Crippen molar-refractivity contribution in [2.24, 2.45) is 5.92 Å². The number of fused-ring (bicyclic) bond motifs is 1. The molecule has 8 nitrogen and oxygen atoms in total. The number of amides is 2. The van der Waals surface area contributed by atoms with Crippen molar-refractivity contribution >= 4 is 22.8 Å². The summed E-state index contributed by atoms with van der Waals surface area (Å²) in [7, 11) is 0. The highest BCUT2D eigenvalue weighted by Gasteiger charge is 2.36. The minimum atomic E-state index is -0.508. The summed E-state index contributed by atoms with van der Waals surface area (Å²) < 4.78 is 7.53. The summed E-state index contributed by atoms with van der Waals surface area (Å²) in [6.07, 6.45) is 1.70. The van der Waals surface area contributed by atoms with Gasteiger partial charge in [0.25, 0.3) is 5.91 Å². The second kappa shape index (κ2) is 7.83. The van der Waals surface area contributed by atoms with Gasteiger partial charge in [0.15, 0.2) is 5.65 Å². The summed E-state index contributed by atoms with van der Waals surface area (Å²) in [5.74, 6) is 1.24. The molecule has 0 aliphatic carbocycles. The molecule has 1 N–H and O–H groups in total. The molecular formula is C23H29N5O3. The van der Waals surface area contributed by atoms with Gasteiger partial charge in [-0.15, -0.1) is 0 Å². The Morgan fingerprint density at radius 2 is 1.97 bits per heavy atom. The van der Waals surface area contributed by atoms with Crippen LogP contribution >= 0.6 is 0 Å². The Hall–Kier alpha value is -3.16. The van der Waals surface area contributed by atoms with Crippen LogP contribution < -0.4 is 5.32 Å².